The molecule has 1 atom stereocenters. The second kappa shape index (κ2) is 7.24. The van der Waals surface area contributed by atoms with Crippen LogP contribution in [0.4, 0.5) is 5.69 Å². The van der Waals surface area contributed by atoms with Gasteiger partial charge in [0, 0.05) is 18.6 Å². The minimum absolute atomic E-state index is 0.157. The van der Waals surface area contributed by atoms with Crippen LogP contribution < -0.4 is 16.6 Å². The molecular formula is C14H26ClN5O. The molecule has 1 rings (SSSR count). The van der Waals surface area contributed by atoms with Gasteiger partial charge in [0.05, 0.1) is 18.4 Å². The molecule has 0 amide bonds. The standard InChI is InChI=1S/C14H26ClN5O/c1-10(2)14(3,9-16)18-11-8-17-20(7-6-19(4)5)13(21)12(11)15/h8,10,18H,6-7,9,16H2,1-5H3. The van der Waals surface area contributed by atoms with E-state index in [-0.39, 0.29) is 22.0 Å². The predicted octanol–water partition coefficient (Wildman–Crippen LogP) is 1.24. The predicted molar refractivity (Wildman–Crippen MR) is 88.0 cm³/mol. The number of nitrogens with one attached hydrogen (secondary N) is 1. The molecule has 0 radical (unpaired) electrons. The molecule has 0 aromatic carbocycles. The van der Waals surface area contributed by atoms with Crippen LogP contribution in [0.3, 0.4) is 0 Å². The zero-order valence-electron chi connectivity index (χ0n) is 13.5. The second-order valence-corrected chi connectivity index (χ2v) is 6.48. The summed E-state index contributed by atoms with van der Waals surface area (Å²) in [5, 5.41) is 7.60. The molecule has 0 aliphatic carbocycles. The van der Waals surface area contributed by atoms with Gasteiger partial charge in [-0.3, -0.25) is 4.79 Å². The third kappa shape index (κ3) is 4.43. The Morgan fingerprint density at radius 1 is 1.52 bits per heavy atom. The van der Waals surface area contributed by atoms with E-state index in [2.05, 4.69) is 24.3 Å². The summed E-state index contributed by atoms with van der Waals surface area (Å²) < 4.78 is 1.38. The maximum atomic E-state index is 12.2. The lowest BCUT2D eigenvalue weighted by molar-refractivity contribution is 0.366. The normalized spacial score (nSPS) is 14.5. The number of rotatable bonds is 7. The molecule has 0 saturated heterocycles. The zero-order valence-corrected chi connectivity index (χ0v) is 14.2. The summed E-state index contributed by atoms with van der Waals surface area (Å²) in [5.74, 6) is 0.287. The molecule has 3 N–H and O–H groups in total. The first-order valence-electron chi connectivity index (χ1n) is 7.10. The van der Waals surface area contributed by atoms with Gasteiger partial charge in [-0.15, -0.1) is 0 Å². The van der Waals surface area contributed by atoms with E-state index in [1.54, 1.807) is 6.20 Å². The van der Waals surface area contributed by atoms with Crippen molar-refractivity contribution < 1.29 is 0 Å². The summed E-state index contributed by atoms with van der Waals surface area (Å²) in [4.78, 5) is 14.2. The molecule has 0 aliphatic heterocycles. The maximum Gasteiger partial charge on any atom is 0.287 e. The molecule has 0 spiro atoms. The van der Waals surface area contributed by atoms with Crippen molar-refractivity contribution in [1.29, 1.82) is 0 Å². The number of hydrogen-bond acceptors (Lipinski definition) is 5. The highest BCUT2D eigenvalue weighted by atomic mass is 35.5. The van der Waals surface area contributed by atoms with E-state index in [4.69, 9.17) is 17.3 Å². The van der Waals surface area contributed by atoms with Crippen molar-refractivity contribution in [2.75, 3.05) is 32.5 Å². The molecule has 1 aromatic rings. The molecule has 0 bridgehead atoms. The molecule has 120 valence electrons. The fourth-order valence-corrected chi connectivity index (χ4v) is 1.94. The highest BCUT2D eigenvalue weighted by Gasteiger charge is 2.27. The minimum Gasteiger partial charge on any atom is -0.376 e. The summed E-state index contributed by atoms with van der Waals surface area (Å²) in [6.45, 7) is 7.81. The Hall–Kier alpha value is -1.11. The van der Waals surface area contributed by atoms with Crippen LogP contribution in [0.5, 0.6) is 0 Å². The maximum absolute atomic E-state index is 12.2. The van der Waals surface area contributed by atoms with E-state index in [9.17, 15) is 4.79 Å². The lowest BCUT2D eigenvalue weighted by Crippen LogP contribution is -2.47. The van der Waals surface area contributed by atoms with Crippen molar-refractivity contribution in [3.05, 3.63) is 21.6 Å². The topological polar surface area (TPSA) is 76.2 Å². The van der Waals surface area contributed by atoms with Gasteiger partial charge in [-0.2, -0.15) is 5.10 Å². The number of anilines is 1. The molecule has 1 unspecified atom stereocenters. The van der Waals surface area contributed by atoms with Gasteiger partial charge in [-0.1, -0.05) is 25.4 Å². The van der Waals surface area contributed by atoms with Gasteiger partial charge in [0.15, 0.2) is 0 Å². The van der Waals surface area contributed by atoms with E-state index in [0.29, 0.717) is 18.8 Å². The van der Waals surface area contributed by atoms with E-state index < -0.39 is 0 Å². The van der Waals surface area contributed by atoms with Crippen LogP contribution in [-0.4, -0.2) is 47.4 Å². The summed E-state index contributed by atoms with van der Waals surface area (Å²) in [7, 11) is 3.88. The first kappa shape index (κ1) is 17.9. The number of halogens is 1. The number of nitrogens with zero attached hydrogens (tertiary/aromatic N) is 3. The molecule has 0 saturated carbocycles. The lowest BCUT2D eigenvalue weighted by atomic mass is 9.88. The molecule has 7 heteroatoms. The Bertz CT molecular complexity index is 529. The third-order valence-corrected chi connectivity index (χ3v) is 4.23. The largest absolute Gasteiger partial charge is 0.376 e. The first-order valence-corrected chi connectivity index (χ1v) is 7.47. The minimum atomic E-state index is -0.340. The van der Waals surface area contributed by atoms with Crippen molar-refractivity contribution in [2.24, 2.45) is 11.7 Å². The van der Waals surface area contributed by atoms with Crippen LogP contribution in [-0.2, 0) is 6.54 Å². The zero-order chi connectivity index (χ0) is 16.2. The highest BCUT2D eigenvalue weighted by Crippen LogP contribution is 2.24. The average Bonchev–Trinajstić information content (AvgIpc) is 2.42. The first-order chi connectivity index (χ1) is 9.71. The SMILES string of the molecule is CC(C)C(C)(CN)Nc1cnn(CCN(C)C)c(=O)c1Cl. The van der Waals surface area contributed by atoms with E-state index in [0.717, 1.165) is 6.54 Å². The number of hydrogen-bond donors (Lipinski definition) is 2. The van der Waals surface area contributed by atoms with Gasteiger partial charge in [0.2, 0.25) is 0 Å². The summed E-state index contributed by atoms with van der Waals surface area (Å²) in [6, 6.07) is 0. The highest BCUT2D eigenvalue weighted by molar-refractivity contribution is 6.32. The van der Waals surface area contributed by atoms with Crippen molar-refractivity contribution in [2.45, 2.75) is 32.9 Å². The van der Waals surface area contributed by atoms with Gasteiger partial charge in [-0.05, 0) is 26.9 Å². The third-order valence-electron chi connectivity index (χ3n) is 3.86. The van der Waals surface area contributed by atoms with Gasteiger partial charge in [0.25, 0.3) is 5.56 Å². The monoisotopic (exact) mass is 315 g/mol. The molecule has 1 aromatic heterocycles. The number of aromatic nitrogens is 2. The molecule has 0 aliphatic rings. The van der Waals surface area contributed by atoms with Crippen LogP contribution in [0.2, 0.25) is 5.02 Å². The Balaban J connectivity index is 3.02. The smallest absolute Gasteiger partial charge is 0.287 e. The van der Waals surface area contributed by atoms with Gasteiger partial charge >= 0.3 is 0 Å². The average molecular weight is 316 g/mol. The fraction of sp³-hybridized carbons (Fsp3) is 0.714. The summed E-state index contributed by atoms with van der Waals surface area (Å²) >= 11 is 6.19. The van der Waals surface area contributed by atoms with Gasteiger partial charge in [-0.25, -0.2) is 4.68 Å². The second-order valence-electron chi connectivity index (χ2n) is 6.11. The van der Waals surface area contributed by atoms with E-state index >= 15 is 0 Å². The summed E-state index contributed by atoms with van der Waals surface area (Å²) in [6.07, 6.45) is 1.59. The Labute approximate surface area is 131 Å². The van der Waals surface area contributed by atoms with E-state index in [1.165, 1.54) is 4.68 Å². The van der Waals surface area contributed by atoms with Crippen LogP contribution >= 0.6 is 11.6 Å². The molecular weight excluding hydrogens is 290 g/mol. The van der Waals surface area contributed by atoms with Crippen LogP contribution in [0.15, 0.2) is 11.0 Å². The van der Waals surface area contributed by atoms with Crippen molar-refractivity contribution in [3.63, 3.8) is 0 Å². The van der Waals surface area contributed by atoms with Gasteiger partial charge < -0.3 is 16.0 Å². The molecule has 1 heterocycles. The van der Waals surface area contributed by atoms with Crippen molar-refractivity contribution >= 4 is 17.3 Å². The lowest BCUT2D eigenvalue weighted by Gasteiger charge is -2.34. The Morgan fingerprint density at radius 2 is 2.14 bits per heavy atom. The van der Waals surface area contributed by atoms with Crippen LogP contribution in [0, 0.1) is 5.92 Å². The van der Waals surface area contributed by atoms with Crippen LogP contribution in [0.1, 0.15) is 20.8 Å². The number of nitrogens with two attached hydrogens (primary N) is 1. The molecule has 21 heavy (non-hydrogen) atoms. The van der Waals surface area contributed by atoms with Crippen molar-refractivity contribution in [1.82, 2.24) is 14.7 Å². The molecule has 0 fully saturated rings. The molecule has 6 nitrogen and oxygen atoms in total. The fourth-order valence-electron chi connectivity index (χ4n) is 1.74. The summed E-state index contributed by atoms with van der Waals surface area (Å²) in [5.41, 5.74) is 5.75. The Morgan fingerprint density at radius 3 is 2.62 bits per heavy atom. The van der Waals surface area contributed by atoms with Gasteiger partial charge in [0.1, 0.15) is 5.02 Å². The van der Waals surface area contributed by atoms with E-state index in [1.807, 2.05) is 25.9 Å². The Kier molecular flexibility index (Phi) is 6.19. The number of likely N-dealkylation sites (N-methyl/N-ethyl adjacent to an activating group) is 1. The van der Waals surface area contributed by atoms with Crippen LogP contribution in [0.25, 0.3) is 0 Å². The quantitative estimate of drug-likeness (QED) is 0.792. The van der Waals surface area contributed by atoms with Crippen molar-refractivity contribution in [3.8, 4) is 0 Å².